The second-order valence-corrected chi connectivity index (χ2v) is 7.16. The van der Waals surface area contributed by atoms with Crippen molar-refractivity contribution in [3.63, 3.8) is 0 Å². The number of likely N-dealkylation sites (tertiary alicyclic amines) is 1. The summed E-state index contributed by atoms with van der Waals surface area (Å²) in [7, 11) is 0. The summed E-state index contributed by atoms with van der Waals surface area (Å²) in [5, 5.41) is 2.07. The predicted molar refractivity (Wildman–Crippen MR) is 87.2 cm³/mol. The van der Waals surface area contributed by atoms with Crippen LogP contribution in [0.25, 0.3) is 0 Å². The first-order valence-electron chi connectivity index (χ1n) is 8.34. The molecular weight excluding hydrogens is 298 g/mol. The van der Waals surface area contributed by atoms with E-state index in [1.807, 2.05) is 11.0 Å². The molecule has 3 rings (SSSR count). The van der Waals surface area contributed by atoms with E-state index >= 15 is 0 Å². The van der Waals surface area contributed by atoms with Crippen LogP contribution in [-0.4, -0.2) is 49.3 Å². The first-order valence-corrected chi connectivity index (χ1v) is 9.22. The number of piperidine rings is 1. The van der Waals surface area contributed by atoms with Crippen molar-refractivity contribution >= 4 is 17.2 Å². The average molecular weight is 323 g/mol. The van der Waals surface area contributed by atoms with Crippen molar-refractivity contribution in [3.05, 3.63) is 22.4 Å². The lowest BCUT2D eigenvalue weighted by Gasteiger charge is -2.32. The Hall–Kier alpha value is -0.910. The molecule has 1 aromatic heterocycles. The third-order valence-electron chi connectivity index (χ3n) is 4.50. The molecule has 2 aliphatic heterocycles. The van der Waals surface area contributed by atoms with Crippen LogP contribution in [0, 0.1) is 0 Å². The first kappa shape index (κ1) is 16.0. The number of nitrogens with zero attached hydrogens (tertiary/aromatic N) is 1. The molecule has 0 bridgehead atoms. The van der Waals surface area contributed by atoms with Crippen LogP contribution in [0.2, 0.25) is 0 Å². The van der Waals surface area contributed by atoms with E-state index in [4.69, 9.17) is 9.47 Å². The Morgan fingerprint density at radius 1 is 1.36 bits per heavy atom. The van der Waals surface area contributed by atoms with Gasteiger partial charge >= 0.3 is 0 Å². The van der Waals surface area contributed by atoms with Gasteiger partial charge in [0.15, 0.2) is 0 Å². The summed E-state index contributed by atoms with van der Waals surface area (Å²) in [6.07, 6.45) is 6.28. The second kappa shape index (κ2) is 8.09. The number of carbonyl (C=O) groups is 1. The molecule has 4 nitrogen and oxygen atoms in total. The van der Waals surface area contributed by atoms with Gasteiger partial charge in [-0.3, -0.25) is 4.79 Å². The number of amides is 1. The third kappa shape index (κ3) is 4.54. The van der Waals surface area contributed by atoms with Crippen LogP contribution in [0.5, 0.6) is 0 Å². The van der Waals surface area contributed by atoms with E-state index in [0.717, 1.165) is 58.4 Å². The number of hydrogen-bond acceptors (Lipinski definition) is 4. The molecule has 122 valence electrons. The molecule has 0 saturated carbocycles. The van der Waals surface area contributed by atoms with E-state index in [0.29, 0.717) is 18.6 Å². The zero-order valence-corrected chi connectivity index (χ0v) is 13.9. The normalized spacial score (nSPS) is 23.1. The van der Waals surface area contributed by atoms with Gasteiger partial charge < -0.3 is 14.4 Å². The summed E-state index contributed by atoms with van der Waals surface area (Å²) in [4.78, 5) is 15.5. The maximum absolute atomic E-state index is 12.2. The van der Waals surface area contributed by atoms with Gasteiger partial charge in [-0.05, 0) is 43.6 Å². The molecule has 3 heterocycles. The van der Waals surface area contributed by atoms with Gasteiger partial charge in [0, 0.05) is 31.0 Å². The number of aryl methyl sites for hydroxylation is 1. The fraction of sp³-hybridized carbons (Fsp3) is 0.706. The zero-order chi connectivity index (χ0) is 15.2. The lowest BCUT2D eigenvalue weighted by molar-refractivity contribution is -0.134. The zero-order valence-electron chi connectivity index (χ0n) is 13.0. The molecule has 1 amide bonds. The van der Waals surface area contributed by atoms with Crippen molar-refractivity contribution in [3.8, 4) is 0 Å². The molecule has 0 N–H and O–H groups in total. The van der Waals surface area contributed by atoms with E-state index in [1.54, 1.807) is 11.3 Å². The molecule has 2 aliphatic rings. The van der Waals surface area contributed by atoms with Crippen molar-refractivity contribution in [2.75, 3.05) is 26.3 Å². The molecule has 1 aromatic rings. The molecule has 0 spiro atoms. The summed E-state index contributed by atoms with van der Waals surface area (Å²) in [5.74, 6) is 0.283. The van der Waals surface area contributed by atoms with E-state index in [2.05, 4.69) is 11.4 Å². The highest BCUT2D eigenvalue weighted by Crippen LogP contribution is 2.19. The Morgan fingerprint density at radius 3 is 2.91 bits per heavy atom. The van der Waals surface area contributed by atoms with E-state index in [1.165, 1.54) is 4.88 Å². The molecule has 2 fully saturated rings. The minimum atomic E-state index is 0.283. The average Bonchev–Trinajstić information content (AvgIpc) is 3.24. The predicted octanol–water partition coefficient (Wildman–Crippen LogP) is 2.87. The number of carbonyl (C=O) groups excluding carboxylic acids is 1. The van der Waals surface area contributed by atoms with Crippen LogP contribution in [0.15, 0.2) is 17.5 Å². The van der Waals surface area contributed by atoms with Crippen LogP contribution in [0.4, 0.5) is 0 Å². The van der Waals surface area contributed by atoms with Gasteiger partial charge in [-0.2, -0.15) is 0 Å². The maximum atomic E-state index is 12.2. The van der Waals surface area contributed by atoms with Crippen molar-refractivity contribution in [2.45, 2.75) is 50.7 Å². The topological polar surface area (TPSA) is 38.8 Å². The number of rotatable bonds is 6. The van der Waals surface area contributed by atoms with Crippen molar-refractivity contribution < 1.29 is 14.3 Å². The summed E-state index contributed by atoms with van der Waals surface area (Å²) in [6, 6.07) is 4.14. The molecule has 22 heavy (non-hydrogen) atoms. The minimum absolute atomic E-state index is 0.283. The van der Waals surface area contributed by atoms with Crippen LogP contribution in [0.3, 0.4) is 0 Å². The lowest BCUT2D eigenvalue weighted by Crippen LogP contribution is -2.41. The molecule has 1 atom stereocenters. The summed E-state index contributed by atoms with van der Waals surface area (Å²) >= 11 is 1.73. The van der Waals surface area contributed by atoms with Crippen molar-refractivity contribution in [1.82, 2.24) is 4.90 Å². The highest BCUT2D eigenvalue weighted by molar-refractivity contribution is 7.09. The van der Waals surface area contributed by atoms with Crippen molar-refractivity contribution in [2.24, 2.45) is 0 Å². The monoisotopic (exact) mass is 323 g/mol. The number of ether oxygens (including phenoxy) is 2. The van der Waals surface area contributed by atoms with Gasteiger partial charge in [0.2, 0.25) is 5.91 Å². The summed E-state index contributed by atoms with van der Waals surface area (Å²) < 4.78 is 11.5. The largest absolute Gasteiger partial charge is 0.376 e. The SMILES string of the molecule is O=C(CCc1cccs1)N1CCC(OCC2CCCO2)CC1. The smallest absolute Gasteiger partial charge is 0.222 e. The standard InChI is InChI=1S/C17H25NO3S/c19-17(6-5-16-4-2-12-22-16)18-9-7-14(8-10-18)21-13-15-3-1-11-20-15/h2,4,12,14-15H,1,3,5-11,13H2. The molecule has 5 heteroatoms. The quantitative estimate of drug-likeness (QED) is 0.808. The lowest BCUT2D eigenvalue weighted by atomic mass is 10.1. The van der Waals surface area contributed by atoms with Crippen LogP contribution >= 0.6 is 11.3 Å². The van der Waals surface area contributed by atoms with Gasteiger partial charge in [-0.1, -0.05) is 6.07 Å². The Bertz CT molecular complexity index is 448. The van der Waals surface area contributed by atoms with Crippen molar-refractivity contribution in [1.29, 1.82) is 0 Å². The Morgan fingerprint density at radius 2 is 2.23 bits per heavy atom. The van der Waals surface area contributed by atoms with Gasteiger partial charge in [0.05, 0.1) is 18.8 Å². The van der Waals surface area contributed by atoms with E-state index < -0.39 is 0 Å². The fourth-order valence-electron chi connectivity index (χ4n) is 3.13. The van der Waals surface area contributed by atoms with Crippen LogP contribution < -0.4 is 0 Å². The van der Waals surface area contributed by atoms with Gasteiger partial charge in [0.1, 0.15) is 0 Å². The molecular formula is C17H25NO3S. The Kier molecular flexibility index (Phi) is 5.87. The molecule has 2 saturated heterocycles. The number of hydrogen-bond donors (Lipinski definition) is 0. The van der Waals surface area contributed by atoms with Gasteiger partial charge in [-0.25, -0.2) is 0 Å². The minimum Gasteiger partial charge on any atom is -0.376 e. The Balaban J connectivity index is 1.33. The Labute approximate surface area is 136 Å². The molecule has 0 aliphatic carbocycles. The van der Waals surface area contributed by atoms with Gasteiger partial charge in [-0.15, -0.1) is 11.3 Å². The summed E-state index contributed by atoms with van der Waals surface area (Å²) in [6.45, 7) is 3.27. The molecule has 1 unspecified atom stereocenters. The number of thiophene rings is 1. The fourth-order valence-corrected chi connectivity index (χ4v) is 3.84. The van der Waals surface area contributed by atoms with Crippen LogP contribution in [-0.2, 0) is 20.7 Å². The van der Waals surface area contributed by atoms with Gasteiger partial charge in [0.25, 0.3) is 0 Å². The molecule has 0 radical (unpaired) electrons. The van der Waals surface area contributed by atoms with E-state index in [-0.39, 0.29) is 5.91 Å². The second-order valence-electron chi connectivity index (χ2n) is 6.13. The maximum Gasteiger partial charge on any atom is 0.222 e. The summed E-state index contributed by atoms with van der Waals surface area (Å²) in [5.41, 5.74) is 0. The highest BCUT2D eigenvalue weighted by Gasteiger charge is 2.24. The van der Waals surface area contributed by atoms with E-state index in [9.17, 15) is 4.79 Å². The highest BCUT2D eigenvalue weighted by atomic mass is 32.1. The molecule has 0 aromatic carbocycles. The first-order chi connectivity index (χ1) is 10.8. The van der Waals surface area contributed by atoms with Crippen LogP contribution in [0.1, 0.15) is 37.0 Å². The third-order valence-corrected chi connectivity index (χ3v) is 5.44.